The molecule has 0 amide bonds. The fourth-order valence-corrected chi connectivity index (χ4v) is 3.19. The predicted octanol–water partition coefficient (Wildman–Crippen LogP) is 2.69. The Bertz CT molecular complexity index is 496. The van der Waals surface area contributed by atoms with Crippen molar-refractivity contribution in [3.63, 3.8) is 0 Å². The number of para-hydroxylation sites is 1. The first-order chi connectivity index (χ1) is 10.8. The largest absolute Gasteiger partial charge is 0.488 e. The molecule has 0 saturated carbocycles. The summed E-state index contributed by atoms with van der Waals surface area (Å²) >= 11 is 0. The number of benzene rings is 1. The second-order valence-electron chi connectivity index (χ2n) is 6.42. The lowest BCUT2D eigenvalue weighted by Gasteiger charge is -2.33. The van der Waals surface area contributed by atoms with Crippen LogP contribution in [0.2, 0.25) is 0 Å². The van der Waals surface area contributed by atoms with Gasteiger partial charge in [-0.2, -0.15) is 0 Å². The van der Waals surface area contributed by atoms with Crippen molar-refractivity contribution in [3.05, 3.63) is 29.8 Å². The normalized spacial score (nSPS) is 22.4. The molecule has 1 fully saturated rings. The van der Waals surface area contributed by atoms with Crippen LogP contribution in [-0.2, 0) is 6.42 Å². The summed E-state index contributed by atoms with van der Waals surface area (Å²) in [6.45, 7) is 8.33. The van der Waals surface area contributed by atoms with E-state index in [4.69, 9.17) is 9.73 Å². The number of guanidine groups is 1. The molecule has 1 saturated heterocycles. The highest BCUT2D eigenvalue weighted by Crippen LogP contribution is 2.28. The maximum absolute atomic E-state index is 5.99. The number of nitrogens with one attached hydrogen (secondary N) is 1. The first-order valence-electron chi connectivity index (χ1n) is 8.54. The van der Waals surface area contributed by atoms with E-state index < -0.39 is 0 Å². The Hall–Kier alpha value is -1.71. The third-order valence-electron chi connectivity index (χ3n) is 4.58. The van der Waals surface area contributed by atoms with Crippen LogP contribution in [0.5, 0.6) is 5.75 Å². The predicted molar refractivity (Wildman–Crippen MR) is 90.5 cm³/mol. The molecule has 4 nitrogen and oxygen atoms in total. The number of rotatable bonds is 3. The second-order valence-corrected chi connectivity index (χ2v) is 6.42. The van der Waals surface area contributed by atoms with Gasteiger partial charge in [-0.1, -0.05) is 25.1 Å². The van der Waals surface area contributed by atoms with Crippen LogP contribution in [-0.4, -0.2) is 43.1 Å². The molecule has 0 aromatic heterocycles. The van der Waals surface area contributed by atoms with Gasteiger partial charge in [0, 0.05) is 26.1 Å². The van der Waals surface area contributed by atoms with Crippen LogP contribution in [0.1, 0.15) is 32.3 Å². The fourth-order valence-electron chi connectivity index (χ4n) is 3.19. The molecule has 120 valence electrons. The lowest BCUT2D eigenvalue weighted by atomic mass is 10.00. The molecule has 1 aromatic rings. The Morgan fingerprint density at radius 1 is 1.32 bits per heavy atom. The third-order valence-corrected chi connectivity index (χ3v) is 4.58. The van der Waals surface area contributed by atoms with Gasteiger partial charge in [0.15, 0.2) is 5.96 Å². The zero-order valence-corrected chi connectivity index (χ0v) is 13.7. The minimum absolute atomic E-state index is 0.176. The average Bonchev–Trinajstić information content (AvgIpc) is 2.95. The van der Waals surface area contributed by atoms with Crippen molar-refractivity contribution in [1.82, 2.24) is 10.2 Å². The molecule has 1 unspecified atom stereocenters. The number of ether oxygens (including phenoxy) is 1. The number of hydrogen-bond acceptors (Lipinski definition) is 2. The second kappa shape index (κ2) is 7.03. The number of piperidine rings is 1. The van der Waals surface area contributed by atoms with Gasteiger partial charge < -0.3 is 15.0 Å². The molecule has 1 aromatic carbocycles. The summed E-state index contributed by atoms with van der Waals surface area (Å²) in [5, 5.41) is 3.43. The van der Waals surface area contributed by atoms with Gasteiger partial charge in [-0.05, 0) is 37.3 Å². The summed E-state index contributed by atoms with van der Waals surface area (Å²) in [4.78, 5) is 7.23. The van der Waals surface area contributed by atoms with Crippen LogP contribution in [0.25, 0.3) is 0 Å². The van der Waals surface area contributed by atoms with Gasteiger partial charge in [0.05, 0.1) is 6.54 Å². The zero-order valence-electron chi connectivity index (χ0n) is 13.7. The Kier molecular flexibility index (Phi) is 4.86. The first kappa shape index (κ1) is 15.2. The molecular formula is C18H27N3O. The highest BCUT2D eigenvalue weighted by molar-refractivity contribution is 5.80. The van der Waals surface area contributed by atoms with E-state index in [2.05, 4.69) is 42.3 Å². The summed E-state index contributed by atoms with van der Waals surface area (Å²) in [7, 11) is 0. The number of fused-ring (bicyclic) bond motifs is 1. The summed E-state index contributed by atoms with van der Waals surface area (Å²) < 4.78 is 5.99. The Labute approximate surface area is 133 Å². The van der Waals surface area contributed by atoms with E-state index in [1.807, 2.05) is 6.07 Å². The summed E-state index contributed by atoms with van der Waals surface area (Å²) in [5.41, 5.74) is 1.31. The molecule has 1 N–H and O–H groups in total. The molecule has 22 heavy (non-hydrogen) atoms. The van der Waals surface area contributed by atoms with E-state index >= 15 is 0 Å². The number of nitrogens with zero attached hydrogens (tertiary/aromatic N) is 2. The SMILES string of the molecule is CCNC(=NCC1Cc2ccccc2O1)N1CCC(C)CC1. The van der Waals surface area contributed by atoms with Crippen molar-refractivity contribution in [1.29, 1.82) is 0 Å². The lowest BCUT2D eigenvalue weighted by molar-refractivity contribution is 0.238. The van der Waals surface area contributed by atoms with Gasteiger partial charge in [-0.25, -0.2) is 4.99 Å². The van der Waals surface area contributed by atoms with Gasteiger partial charge in [-0.3, -0.25) is 0 Å². The smallest absolute Gasteiger partial charge is 0.194 e. The van der Waals surface area contributed by atoms with E-state index in [0.717, 1.165) is 50.2 Å². The number of hydrogen-bond donors (Lipinski definition) is 1. The van der Waals surface area contributed by atoms with Gasteiger partial charge in [-0.15, -0.1) is 0 Å². The van der Waals surface area contributed by atoms with E-state index in [-0.39, 0.29) is 6.10 Å². The molecule has 0 spiro atoms. The molecule has 3 rings (SSSR count). The topological polar surface area (TPSA) is 36.9 Å². The van der Waals surface area contributed by atoms with Crippen molar-refractivity contribution in [3.8, 4) is 5.75 Å². The minimum Gasteiger partial charge on any atom is -0.488 e. The summed E-state index contributed by atoms with van der Waals surface area (Å²) in [5.74, 6) is 2.92. The van der Waals surface area contributed by atoms with Crippen LogP contribution in [0.3, 0.4) is 0 Å². The van der Waals surface area contributed by atoms with Gasteiger partial charge >= 0.3 is 0 Å². The van der Waals surface area contributed by atoms with Gasteiger partial charge in [0.1, 0.15) is 11.9 Å². The molecule has 0 bridgehead atoms. The molecule has 4 heteroatoms. The highest BCUT2D eigenvalue weighted by atomic mass is 16.5. The number of aliphatic imine (C=N–C) groups is 1. The Morgan fingerprint density at radius 3 is 2.82 bits per heavy atom. The van der Waals surface area contributed by atoms with Crippen LogP contribution in [0.4, 0.5) is 0 Å². The summed E-state index contributed by atoms with van der Waals surface area (Å²) in [6, 6.07) is 8.31. The van der Waals surface area contributed by atoms with Crippen molar-refractivity contribution in [2.75, 3.05) is 26.2 Å². The van der Waals surface area contributed by atoms with Gasteiger partial charge in [0.25, 0.3) is 0 Å². The van der Waals surface area contributed by atoms with E-state index in [1.165, 1.54) is 18.4 Å². The number of likely N-dealkylation sites (tertiary alicyclic amines) is 1. The molecule has 2 heterocycles. The first-order valence-corrected chi connectivity index (χ1v) is 8.54. The Balaban J connectivity index is 1.59. The standard InChI is InChI=1S/C18H27N3O/c1-3-19-18(21-10-8-14(2)9-11-21)20-13-16-12-15-6-4-5-7-17(15)22-16/h4-7,14,16H,3,8-13H2,1-2H3,(H,19,20). The molecule has 0 aliphatic carbocycles. The third kappa shape index (κ3) is 3.54. The summed E-state index contributed by atoms with van der Waals surface area (Å²) in [6.07, 6.45) is 3.66. The van der Waals surface area contributed by atoms with Crippen LogP contribution >= 0.6 is 0 Å². The van der Waals surface area contributed by atoms with E-state index in [9.17, 15) is 0 Å². The highest BCUT2D eigenvalue weighted by Gasteiger charge is 2.23. The van der Waals surface area contributed by atoms with Crippen LogP contribution in [0.15, 0.2) is 29.3 Å². The van der Waals surface area contributed by atoms with Crippen LogP contribution < -0.4 is 10.1 Å². The molecule has 1 atom stereocenters. The van der Waals surface area contributed by atoms with Crippen molar-refractivity contribution in [2.24, 2.45) is 10.9 Å². The van der Waals surface area contributed by atoms with E-state index in [0.29, 0.717) is 0 Å². The van der Waals surface area contributed by atoms with Crippen molar-refractivity contribution in [2.45, 2.75) is 39.2 Å². The molecule has 2 aliphatic rings. The fraction of sp³-hybridized carbons (Fsp3) is 0.611. The minimum atomic E-state index is 0.176. The maximum Gasteiger partial charge on any atom is 0.194 e. The molecule has 0 radical (unpaired) electrons. The average molecular weight is 301 g/mol. The van der Waals surface area contributed by atoms with Crippen molar-refractivity contribution < 1.29 is 4.74 Å². The quantitative estimate of drug-likeness (QED) is 0.689. The van der Waals surface area contributed by atoms with Crippen molar-refractivity contribution >= 4 is 5.96 Å². The lowest BCUT2D eigenvalue weighted by Crippen LogP contribution is -2.45. The maximum atomic E-state index is 5.99. The molecule has 2 aliphatic heterocycles. The molecular weight excluding hydrogens is 274 g/mol. The van der Waals surface area contributed by atoms with Gasteiger partial charge in [0.2, 0.25) is 0 Å². The van der Waals surface area contributed by atoms with Crippen LogP contribution in [0, 0.1) is 5.92 Å². The zero-order chi connectivity index (χ0) is 15.4. The Morgan fingerprint density at radius 2 is 2.09 bits per heavy atom. The monoisotopic (exact) mass is 301 g/mol. The van der Waals surface area contributed by atoms with E-state index in [1.54, 1.807) is 0 Å².